The standard InChI is InChI=1S/C12H11Cl2FN2O/c1-6(7-4-16-5-7)12(18)17-8-2-9(13)11(15)10(14)3-8/h2-3,16H,4-5H2,1H3,(H,17,18). The summed E-state index contributed by atoms with van der Waals surface area (Å²) in [6.07, 6.45) is 0. The number of amides is 1. The second-order valence-electron chi connectivity index (χ2n) is 4.04. The monoisotopic (exact) mass is 288 g/mol. The molecule has 1 saturated heterocycles. The quantitative estimate of drug-likeness (QED) is 0.649. The van der Waals surface area contributed by atoms with Gasteiger partial charge in [0.15, 0.2) is 5.82 Å². The molecule has 6 heteroatoms. The van der Waals surface area contributed by atoms with E-state index in [9.17, 15) is 9.18 Å². The summed E-state index contributed by atoms with van der Waals surface area (Å²) in [5.41, 5.74) is 2.10. The number of rotatable bonds is 2. The predicted octanol–water partition coefficient (Wildman–Crippen LogP) is 2.99. The number of carbonyl (C=O) groups excluding carboxylic acids is 1. The molecule has 1 heterocycles. The van der Waals surface area contributed by atoms with Crippen LogP contribution in [-0.4, -0.2) is 19.0 Å². The Labute approximate surface area is 114 Å². The first-order chi connectivity index (χ1) is 8.49. The number of carbonyl (C=O) groups is 1. The topological polar surface area (TPSA) is 41.1 Å². The highest BCUT2D eigenvalue weighted by molar-refractivity contribution is 6.35. The summed E-state index contributed by atoms with van der Waals surface area (Å²) in [4.78, 5) is 11.9. The lowest BCUT2D eigenvalue weighted by Crippen LogP contribution is -2.36. The second-order valence-corrected chi connectivity index (χ2v) is 4.85. The van der Waals surface area contributed by atoms with Gasteiger partial charge in [0.2, 0.25) is 0 Å². The lowest BCUT2D eigenvalue weighted by atomic mass is 10.0. The highest BCUT2D eigenvalue weighted by Gasteiger charge is 2.17. The van der Waals surface area contributed by atoms with Gasteiger partial charge in [0, 0.05) is 24.4 Å². The average molecular weight is 289 g/mol. The molecule has 1 aromatic rings. The van der Waals surface area contributed by atoms with Crippen molar-refractivity contribution >= 4 is 34.8 Å². The summed E-state index contributed by atoms with van der Waals surface area (Å²) in [5, 5.41) is 5.46. The van der Waals surface area contributed by atoms with Crippen molar-refractivity contribution in [3.05, 3.63) is 39.1 Å². The van der Waals surface area contributed by atoms with Gasteiger partial charge in [-0.15, -0.1) is 0 Å². The van der Waals surface area contributed by atoms with Gasteiger partial charge in [0.25, 0.3) is 5.91 Å². The smallest absolute Gasteiger partial charge is 0.251 e. The Bertz CT molecular complexity index is 514. The largest absolute Gasteiger partial charge is 0.322 e. The van der Waals surface area contributed by atoms with Crippen LogP contribution in [0.4, 0.5) is 10.1 Å². The first-order valence-electron chi connectivity index (χ1n) is 5.34. The minimum absolute atomic E-state index is 0.117. The van der Waals surface area contributed by atoms with Crippen LogP contribution in [0.5, 0.6) is 0 Å². The van der Waals surface area contributed by atoms with E-state index in [1.165, 1.54) is 12.1 Å². The third-order valence-electron chi connectivity index (χ3n) is 2.79. The highest BCUT2D eigenvalue weighted by atomic mass is 35.5. The third kappa shape index (κ3) is 2.66. The van der Waals surface area contributed by atoms with Crippen LogP contribution in [0.2, 0.25) is 10.0 Å². The van der Waals surface area contributed by atoms with Crippen molar-refractivity contribution in [3.63, 3.8) is 0 Å². The average Bonchev–Trinajstić information content (AvgIpc) is 2.23. The van der Waals surface area contributed by atoms with E-state index < -0.39 is 5.82 Å². The normalized spacial score (nSPS) is 14.1. The minimum Gasteiger partial charge on any atom is -0.322 e. The Morgan fingerprint density at radius 1 is 1.33 bits per heavy atom. The number of anilines is 1. The first kappa shape index (κ1) is 13.3. The van der Waals surface area contributed by atoms with Crippen LogP contribution in [0.3, 0.4) is 0 Å². The molecular formula is C12H11Cl2FN2O. The van der Waals surface area contributed by atoms with Gasteiger partial charge in [-0.2, -0.15) is 0 Å². The maximum Gasteiger partial charge on any atom is 0.251 e. The zero-order valence-electron chi connectivity index (χ0n) is 9.61. The van der Waals surface area contributed by atoms with Gasteiger partial charge in [0.05, 0.1) is 10.0 Å². The Balaban J connectivity index is 2.17. The predicted molar refractivity (Wildman–Crippen MR) is 70.6 cm³/mol. The number of benzene rings is 1. The number of halogens is 3. The molecule has 0 radical (unpaired) electrons. The molecule has 1 fully saturated rings. The zero-order valence-corrected chi connectivity index (χ0v) is 11.1. The molecule has 0 bridgehead atoms. The Morgan fingerprint density at radius 2 is 1.89 bits per heavy atom. The molecule has 3 nitrogen and oxygen atoms in total. The van der Waals surface area contributed by atoms with E-state index in [2.05, 4.69) is 10.6 Å². The molecule has 18 heavy (non-hydrogen) atoms. The molecule has 1 amide bonds. The Hall–Kier alpha value is -1.10. The van der Waals surface area contributed by atoms with Crippen molar-refractivity contribution < 1.29 is 9.18 Å². The van der Waals surface area contributed by atoms with Crippen molar-refractivity contribution in [3.8, 4) is 0 Å². The molecule has 2 rings (SSSR count). The summed E-state index contributed by atoms with van der Waals surface area (Å²) in [6, 6.07) is 2.66. The third-order valence-corrected chi connectivity index (χ3v) is 3.34. The van der Waals surface area contributed by atoms with E-state index in [-0.39, 0.29) is 16.0 Å². The maximum atomic E-state index is 13.2. The van der Waals surface area contributed by atoms with Crippen LogP contribution < -0.4 is 10.6 Å². The van der Waals surface area contributed by atoms with Gasteiger partial charge in [-0.3, -0.25) is 4.79 Å². The molecule has 0 aromatic heterocycles. The summed E-state index contributed by atoms with van der Waals surface area (Å²) in [5.74, 6) is -0.917. The fourth-order valence-electron chi connectivity index (χ4n) is 1.53. The number of hydrogen-bond donors (Lipinski definition) is 2. The zero-order chi connectivity index (χ0) is 13.3. The van der Waals surface area contributed by atoms with E-state index in [1.54, 1.807) is 6.92 Å². The van der Waals surface area contributed by atoms with E-state index in [0.717, 1.165) is 18.7 Å². The molecule has 1 aliphatic heterocycles. The van der Waals surface area contributed by atoms with Gasteiger partial charge < -0.3 is 10.6 Å². The fraction of sp³-hybridized carbons (Fsp3) is 0.250. The van der Waals surface area contributed by atoms with Crippen LogP contribution in [0.1, 0.15) is 6.92 Å². The molecule has 96 valence electrons. The van der Waals surface area contributed by atoms with Gasteiger partial charge in [-0.1, -0.05) is 23.2 Å². The van der Waals surface area contributed by atoms with Crippen LogP contribution in [-0.2, 0) is 4.79 Å². The lowest BCUT2D eigenvalue weighted by Gasteiger charge is -2.21. The van der Waals surface area contributed by atoms with Crippen LogP contribution in [0.15, 0.2) is 23.3 Å². The lowest BCUT2D eigenvalue weighted by molar-refractivity contribution is -0.112. The molecule has 1 aliphatic rings. The molecule has 1 aromatic carbocycles. The van der Waals surface area contributed by atoms with E-state index >= 15 is 0 Å². The van der Waals surface area contributed by atoms with Crippen LogP contribution >= 0.6 is 23.2 Å². The first-order valence-corrected chi connectivity index (χ1v) is 6.10. The Morgan fingerprint density at radius 3 is 2.33 bits per heavy atom. The molecular weight excluding hydrogens is 278 g/mol. The number of hydrogen-bond acceptors (Lipinski definition) is 2. The van der Waals surface area contributed by atoms with Gasteiger partial charge in [0.1, 0.15) is 0 Å². The van der Waals surface area contributed by atoms with Crippen LogP contribution in [0, 0.1) is 5.82 Å². The molecule has 0 atom stereocenters. The molecule has 0 saturated carbocycles. The SMILES string of the molecule is CC(C(=O)Nc1cc(Cl)c(F)c(Cl)c1)=C1CNC1. The summed E-state index contributed by atoms with van der Waals surface area (Å²) < 4.78 is 13.2. The van der Waals surface area contributed by atoms with E-state index in [0.29, 0.717) is 11.3 Å². The van der Waals surface area contributed by atoms with Crippen molar-refractivity contribution in [1.29, 1.82) is 0 Å². The van der Waals surface area contributed by atoms with Crippen molar-refractivity contribution in [2.24, 2.45) is 0 Å². The van der Waals surface area contributed by atoms with Gasteiger partial charge >= 0.3 is 0 Å². The molecule has 2 N–H and O–H groups in total. The molecule has 0 unspecified atom stereocenters. The van der Waals surface area contributed by atoms with Crippen molar-refractivity contribution in [1.82, 2.24) is 5.32 Å². The minimum atomic E-state index is -0.686. The van der Waals surface area contributed by atoms with Crippen molar-refractivity contribution in [2.45, 2.75) is 6.92 Å². The van der Waals surface area contributed by atoms with E-state index in [1.807, 2.05) is 0 Å². The van der Waals surface area contributed by atoms with E-state index in [4.69, 9.17) is 23.2 Å². The van der Waals surface area contributed by atoms with Gasteiger partial charge in [-0.25, -0.2) is 4.39 Å². The number of nitrogens with one attached hydrogen (secondary N) is 2. The van der Waals surface area contributed by atoms with Gasteiger partial charge in [-0.05, 0) is 24.6 Å². The highest BCUT2D eigenvalue weighted by Crippen LogP contribution is 2.27. The maximum absolute atomic E-state index is 13.2. The fourth-order valence-corrected chi connectivity index (χ4v) is 2.02. The Kier molecular flexibility index (Phi) is 3.90. The molecule has 0 spiro atoms. The second kappa shape index (κ2) is 5.26. The summed E-state index contributed by atoms with van der Waals surface area (Å²) in [6.45, 7) is 3.20. The summed E-state index contributed by atoms with van der Waals surface area (Å²) >= 11 is 11.3. The van der Waals surface area contributed by atoms with Crippen molar-refractivity contribution in [2.75, 3.05) is 18.4 Å². The summed E-state index contributed by atoms with van der Waals surface area (Å²) in [7, 11) is 0. The van der Waals surface area contributed by atoms with Crippen LogP contribution in [0.25, 0.3) is 0 Å². The molecule has 0 aliphatic carbocycles.